The van der Waals surface area contributed by atoms with E-state index in [1.165, 1.54) is 18.4 Å². The first-order valence-electron chi connectivity index (χ1n) is 12.2. The minimum Gasteiger partial charge on any atom is -0.353 e. The number of rotatable bonds is 4. The summed E-state index contributed by atoms with van der Waals surface area (Å²) in [4.78, 5) is 25.1. The van der Waals surface area contributed by atoms with Crippen LogP contribution in [0.1, 0.15) is 24.3 Å². The van der Waals surface area contributed by atoms with Crippen molar-refractivity contribution < 1.29 is 0 Å². The number of hydrogen-bond donors (Lipinski definition) is 2. The predicted molar refractivity (Wildman–Crippen MR) is 145 cm³/mol. The van der Waals surface area contributed by atoms with Crippen LogP contribution in [-0.4, -0.2) is 51.1 Å². The van der Waals surface area contributed by atoms with Crippen molar-refractivity contribution in [1.29, 1.82) is 0 Å². The SMILES string of the molecule is Clc1ccc(Cl)c(-c2cc3c(-c4nc(N5CCNCC5)c5c(C6CC6)cncc5n4)ccnc3[nH]2)c1. The lowest BCUT2D eigenvalue weighted by molar-refractivity contribution is 0.586. The highest BCUT2D eigenvalue weighted by atomic mass is 35.5. The fourth-order valence-electron chi connectivity index (χ4n) is 5.09. The van der Waals surface area contributed by atoms with E-state index in [2.05, 4.69) is 25.2 Å². The lowest BCUT2D eigenvalue weighted by atomic mass is 10.1. The first kappa shape index (κ1) is 22.0. The minimum absolute atomic E-state index is 0.555. The number of aromatic amines is 1. The molecule has 2 aliphatic rings. The van der Waals surface area contributed by atoms with Gasteiger partial charge in [-0.1, -0.05) is 23.2 Å². The number of hydrogen-bond acceptors (Lipinski definition) is 6. The van der Waals surface area contributed by atoms with E-state index in [0.717, 1.165) is 70.8 Å². The summed E-state index contributed by atoms with van der Waals surface area (Å²) in [6, 6.07) is 9.46. The Morgan fingerprint density at radius 1 is 0.944 bits per heavy atom. The Morgan fingerprint density at radius 2 is 1.81 bits per heavy atom. The van der Waals surface area contributed by atoms with E-state index >= 15 is 0 Å². The van der Waals surface area contributed by atoms with Crippen molar-refractivity contribution in [2.45, 2.75) is 18.8 Å². The zero-order chi connectivity index (χ0) is 24.2. The van der Waals surface area contributed by atoms with Crippen molar-refractivity contribution in [1.82, 2.24) is 30.2 Å². The Balaban J connectivity index is 1.43. The van der Waals surface area contributed by atoms with Crippen molar-refractivity contribution in [3.63, 3.8) is 0 Å². The van der Waals surface area contributed by atoms with Gasteiger partial charge < -0.3 is 15.2 Å². The van der Waals surface area contributed by atoms with Crippen molar-refractivity contribution in [3.8, 4) is 22.6 Å². The monoisotopic (exact) mass is 515 g/mol. The number of benzene rings is 1. The molecule has 0 radical (unpaired) electrons. The Bertz CT molecular complexity index is 1620. The van der Waals surface area contributed by atoms with E-state index in [0.29, 0.717) is 21.8 Å². The molecule has 1 saturated heterocycles. The van der Waals surface area contributed by atoms with Crippen LogP contribution in [0.3, 0.4) is 0 Å². The number of halogens is 2. The standard InChI is InChI=1S/C27H23Cl2N7/c28-16-3-4-21(29)19(11-16)22-12-18-17(5-6-32-25(18)33-22)26-34-23-14-31-13-20(15-1-2-15)24(23)27(35-26)36-9-7-30-8-10-36/h3-6,11-15,30H,1-2,7-10H2,(H,32,33). The fraction of sp³-hybridized carbons (Fsp3) is 0.259. The minimum atomic E-state index is 0.555. The molecule has 0 spiro atoms. The second kappa shape index (κ2) is 8.69. The molecule has 0 atom stereocenters. The van der Waals surface area contributed by atoms with Gasteiger partial charge in [0.25, 0.3) is 0 Å². The number of piperazine rings is 1. The van der Waals surface area contributed by atoms with Crippen LogP contribution in [0.2, 0.25) is 10.0 Å². The molecule has 0 amide bonds. The molecule has 1 aliphatic heterocycles. The van der Waals surface area contributed by atoms with Gasteiger partial charge in [-0.15, -0.1) is 0 Å². The van der Waals surface area contributed by atoms with Gasteiger partial charge in [-0.05, 0) is 54.7 Å². The zero-order valence-corrected chi connectivity index (χ0v) is 20.9. The number of nitrogens with one attached hydrogen (secondary N) is 2. The summed E-state index contributed by atoms with van der Waals surface area (Å²) in [6.07, 6.45) is 8.06. The van der Waals surface area contributed by atoms with Crippen LogP contribution in [0.5, 0.6) is 0 Å². The van der Waals surface area contributed by atoms with Gasteiger partial charge in [-0.3, -0.25) is 4.98 Å². The molecule has 9 heteroatoms. The third-order valence-electron chi connectivity index (χ3n) is 7.04. The van der Waals surface area contributed by atoms with E-state index in [-0.39, 0.29) is 0 Å². The van der Waals surface area contributed by atoms with Gasteiger partial charge >= 0.3 is 0 Å². The van der Waals surface area contributed by atoms with Gasteiger partial charge in [0.05, 0.1) is 11.7 Å². The van der Waals surface area contributed by atoms with Crippen molar-refractivity contribution >= 4 is 51.0 Å². The zero-order valence-electron chi connectivity index (χ0n) is 19.4. The largest absolute Gasteiger partial charge is 0.353 e. The molecule has 1 aromatic carbocycles. The van der Waals surface area contributed by atoms with Crippen LogP contribution >= 0.6 is 23.2 Å². The molecule has 4 aromatic heterocycles. The van der Waals surface area contributed by atoms with Crippen molar-refractivity contribution in [2.75, 3.05) is 31.1 Å². The van der Waals surface area contributed by atoms with Crippen molar-refractivity contribution in [3.05, 3.63) is 64.5 Å². The lowest BCUT2D eigenvalue weighted by Gasteiger charge is -2.30. The van der Waals surface area contributed by atoms with Gasteiger partial charge in [0.15, 0.2) is 5.82 Å². The molecular formula is C27H23Cl2N7. The molecule has 5 aromatic rings. The second-order valence-electron chi connectivity index (χ2n) is 9.43. The molecule has 0 unspecified atom stereocenters. The topological polar surface area (TPSA) is 82.6 Å². The van der Waals surface area contributed by atoms with Gasteiger partial charge in [0, 0.05) is 76.2 Å². The average molecular weight is 516 g/mol. The van der Waals surface area contributed by atoms with Gasteiger partial charge in [-0.25, -0.2) is 15.0 Å². The molecule has 7 nitrogen and oxygen atoms in total. The molecule has 1 saturated carbocycles. The summed E-state index contributed by atoms with van der Waals surface area (Å²) in [5, 5.41) is 6.77. The maximum Gasteiger partial charge on any atom is 0.163 e. The molecule has 1 aliphatic carbocycles. The molecule has 180 valence electrons. The molecule has 5 heterocycles. The predicted octanol–water partition coefficient (Wildman–Crippen LogP) is 5.83. The van der Waals surface area contributed by atoms with E-state index < -0.39 is 0 Å². The van der Waals surface area contributed by atoms with Gasteiger partial charge in [0.2, 0.25) is 0 Å². The van der Waals surface area contributed by atoms with E-state index in [9.17, 15) is 0 Å². The van der Waals surface area contributed by atoms with E-state index in [1.54, 1.807) is 18.3 Å². The second-order valence-corrected chi connectivity index (χ2v) is 10.3. The summed E-state index contributed by atoms with van der Waals surface area (Å²) < 4.78 is 0. The van der Waals surface area contributed by atoms with E-state index in [1.807, 2.05) is 30.6 Å². The summed E-state index contributed by atoms with van der Waals surface area (Å²) in [6.45, 7) is 3.69. The van der Waals surface area contributed by atoms with Crippen LogP contribution < -0.4 is 10.2 Å². The summed E-state index contributed by atoms with van der Waals surface area (Å²) >= 11 is 12.7. The molecule has 36 heavy (non-hydrogen) atoms. The van der Waals surface area contributed by atoms with Gasteiger partial charge in [-0.2, -0.15) is 0 Å². The molecule has 2 N–H and O–H groups in total. The number of anilines is 1. The number of pyridine rings is 2. The number of aromatic nitrogens is 5. The highest BCUT2D eigenvalue weighted by Crippen LogP contribution is 2.45. The third-order valence-corrected chi connectivity index (χ3v) is 7.61. The number of fused-ring (bicyclic) bond motifs is 2. The Labute approximate surface area is 217 Å². The first-order chi connectivity index (χ1) is 17.7. The van der Waals surface area contributed by atoms with Crippen LogP contribution in [-0.2, 0) is 0 Å². The number of H-pyrrole nitrogens is 1. The van der Waals surface area contributed by atoms with Crippen LogP contribution in [0.4, 0.5) is 5.82 Å². The van der Waals surface area contributed by atoms with E-state index in [4.69, 9.17) is 33.2 Å². The Kier molecular flexibility index (Phi) is 5.31. The summed E-state index contributed by atoms with van der Waals surface area (Å²) in [5.41, 5.74) is 5.49. The summed E-state index contributed by atoms with van der Waals surface area (Å²) in [7, 11) is 0. The van der Waals surface area contributed by atoms with Crippen molar-refractivity contribution in [2.24, 2.45) is 0 Å². The highest BCUT2D eigenvalue weighted by Gasteiger charge is 2.29. The Morgan fingerprint density at radius 3 is 2.64 bits per heavy atom. The third kappa shape index (κ3) is 3.79. The molecule has 0 bridgehead atoms. The highest BCUT2D eigenvalue weighted by molar-refractivity contribution is 6.35. The van der Waals surface area contributed by atoms with Crippen LogP contribution in [0.25, 0.3) is 44.6 Å². The lowest BCUT2D eigenvalue weighted by Crippen LogP contribution is -2.44. The maximum absolute atomic E-state index is 6.49. The molecular weight excluding hydrogens is 493 g/mol. The smallest absolute Gasteiger partial charge is 0.163 e. The Hall–Kier alpha value is -3.26. The quantitative estimate of drug-likeness (QED) is 0.313. The van der Waals surface area contributed by atoms with Gasteiger partial charge in [0.1, 0.15) is 11.5 Å². The molecule has 7 rings (SSSR count). The average Bonchev–Trinajstić information content (AvgIpc) is 3.67. The van der Waals surface area contributed by atoms with Crippen LogP contribution in [0.15, 0.2) is 48.9 Å². The normalized spacial score (nSPS) is 16.2. The number of nitrogens with zero attached hydrogens (tertiary/aromatic N) is 5. The maximum atomic E-state index is 6.49. The summed E-state index contributed by atoms with van der Waals surface area (Å²) in [5.74, 6) is 2.22. The molecule has 2 fully saturated rings. The fourth-order valence-corrected chi connectivity index (χ4v) is 5.48. The first-order valence-corrected chi connectivity index (χ1v) is 13.0. The van der Waals surface area contributed by atoms with Crippen LogP contribution in [0, 0.1) is 0 Å².